The van der Waals surface area contributed by atoms with Gasteiger partial charge in [0.25, 0.3) is 0 Å². The molecule has 0 aromatic heterocycles. The number of carbonyl (C=O) groups is 1. The van der Waals surface area contributed by atoms with Gasteiger partial charge in [0.2, 0.25) is 0 Å². The molecule has 1 aromatic carbocycles. The van der Waals surface area contributed by atoms with Crippen LogP contribution in [0.5, 0.6) is 5.75 Å². The minimum atomic E-state index is 0.102. The highest BCUT2D eigenvalue weighted by Crippen LogP contribution is 2.30. The van der Waals surface area contributed by atoms with E-state index in [0.717, 1.165) is 48.7 Å². The molecule has 0 atom stereocenters. The molecule has 0 spiro atoms. The zero-order valence-corrected chi connectivity index (χ0v) is 13.0. The van der Waals surface area contributed by atoms with Gasteiger partial charge in [-0.1, -0.05) is 0 Å². The predicted octanol–water partition coefficient (Wildman–Crippen LogP) is 3.70. The van der Waals surface area contributed by atoms with Gasteiger partial charge in [-0.05, 0) is 44.9 Å². The van der Waals surface area contributed by atoms with E-state index < -0.39 is 0 Å². The van der Waals surface area contributed by atoms with Crippen LogP contribution in [0.4, 0.5) is 0 Å². The van der Waals surface area contributed by atoms with Gasteiger partial charge in [0.15, 0.2) is 5.78 Å². The largest absolute Gasteiger partial charge is 0.494 e. The summed E-state index contributed by atoms with van der Waals surface area (Å²) in [4.78, 5) is 11.5. The summed E-state index contributed by atoms with van der Waals surface area (Å²) in [5, 5.41) is 0.652. The van der Waals surface area contributed by atoms with Gasteiger partial charge in [0.05, 0.1) is 6.61 Å². The van der Waals surface area contributed by atoms with Crippen molar-refractivity contribution in [2.75, 3.05) is 19.8 Å². The molecule has 1 saturated heterocycles. The molecule has 0 bridgehead atoms. The van der Waals surface area contributed by atoms with Crippen molar-refractivity contribution < 1.29 is 14.3 Å². The first kappa shape index (κ1) is 15.4. The van der Waals surface area contributed by atoms with E-state index in [1.807, 2.05) is 36.9 Å². The summed E-state index contributed by atoms with van der Waals surface area (Å²) in [5.74, 6) is 1.89. The van der Waals surface area contributed by atoms with E-state index in [4.69, 9.17) is 9.47 Å². The number of ketones is 1. The van der Waals surface area contributed by atoms with E-state index in [0.29, 0.717) is 11.9 Å². The maximum Gasteiger partial charge on any atom is 0.159 e. The average molecular weight is 294 g/mol. The van der Waals surface area contributed by atoms with Gasteiger partial charge < -0.3 is 9.47 Å². The maximum atomic E-state index is 11.5. The Morgan fingerprint density at radius 2 is 2.15 bits per heavy atom. The summed E-state index contributed by atoms with van der Waals surface area (Å²) in [6.07, 6.45) is 2.22. The molecule has 1 aliphatic rings. The molecule has 1 aromatic rings. The van der Waals surface area contributed by atoms with Gasteiger partial charge in [0.1, 0.15) is 5.75 Å². The van der Waals surface area contributed by atoms with Crippen molar-refractivity contribution >= 4 is 17.5 Å². The second-order valence-electron chi connectivity index (χ2n) is 4.93. The number of carbonyl (C=O) groups excluding carboxylic acids is 1. The normalized spacial score (nSPS) is 16.1. The van der Waals surface area contributed by atoms with E-state index in [1.165, 1.54) is 0 Å². The van der Waals surface area contributed by atoms with E-state index in [-0.39, 0.29) is 5.78 Å². The maximum absolute atomic E-state index is 11.5. The summed E-state index contributed by atoms with van der Waals surface area (Å²) in [6, 6.07) is 5.73. The van der Waals surface area contributed by atoms with Crippen LogP contribution in [-0.4, -0.2) is 30.9 Å². The molecule has 2 rings (SSSR count). The topological polar surface area (TPSA) is 35.5 Å². The van der Waals surface area contributed by atoms with Crippen LogP contribution in [-0.2, 0) is 10.5 Å². The van der Waals surface area contributed by atoms with E-state index >= 15 is 0 Å². The average Bonchev–Trinajstić information content (AvgIpc) is 2.47. The van der Waals surface area contributed by atoms with Gasteiger partial charge in [-0.15, -0.1) is 0 Å². The minimum Gasteiger partial charge on any atom is -0.494 e. The Morgan fingerprint density at radius 3 is 2.80 bits per heavy atom. The third-order valence-electron chi connectivity index (χ3n) is 3.41. The Balaban J connectivity index is 2.06. The Kier molecular flexibility index (Phi) is 5.92. The summed E-state index contributed by atoms with van der Waals surface area (Å²) in [7, 11) is 0. The standard InChI is InChI=1S/C16H22O3S/c1-3-19-16-5-4-13(12(2)17)10-14(16)11-20-15-6-8-18-9-7-15/h4-5,10,15H,3,6-9,11H2,1-2H3. The molecular weight excluding hydrogens is 272 g/mol. The van der Waals surface area contributed by atoms with Gasteiger partial charge in [-0.2, -0.15) is 11.8 Å². The Labute approximate surface area is 125 Å². The number of rotatable bonds is 6. The number of hydrogen-bond acceptors (Lipinski definition) is 4. The Hall–Kier alpha value is -1.00. The van der Waals surface area contributed by atoms with Crippen LogP contribution in [0.1, 0.15) is 42.6 Å². The van der Waals surface area contributed by atoms with Crippen LogP contribution in [0.25, 0.3) is 0 Å². The fraction of sp³-hybridized carbons (Fsp3) is 0.562. The first-order valence-corrected chi connectivity index (χ1v) is 8.21. The third kappa shape index (κ3) is 4.25. The highest BCUT2D eigenvalue weighted by Gasteiger charge is 2.16. The predicted molar refractivity (Wildman–Crippen MR) is 82.8 cm³/mol. The molecule has 0 N–H and O–H groups in total. The van der Waals surface area contributed by atoms with E-state index in [9.17, 15) is 4.79 Å². The summed E-state index contributed by atoms with van der Waals surface area (Å²) >= 11 is 1.94. The summed E-state index contributed by atoms with van der Waals surface area (Å²) < 4.78 is 11.0. The van der Waals surface area contributed by atoms with Crippen LogP contribution in [0.15, 0.2) is 18.2 Å². The second-order valence-corrected chi connectivity index (χ2v) is 6.22. The molecule has 1 fully saturated rings. The molecular formula is C16H22O3S. The number of benzene rings is 1. The molecule has 0 aliphatic carbocycles. The van der Waals surface area contributed by atoms with Crippen LogP contribution >= 0.6 is 11.8 Å². The quantitative estimate of drug-likeness (QED) is 0.749. The molecule has 0 saturated carbocycles. The second kappa shape index (κ2) is 7.70. The molecule has 0 amide bonds. The molecule has 4 heteroatoms. The monoisotopic (exact) mass is 294 g/mol. The lowest BCUT2D eigenvalue weighted by Gasteiger charge is -2.22. The number of thioether (sulfide) groups is 1. The fourth-order valence-electron chi connectivity index (χ4n) is 2.26. The van der Waals surface area contributed by atoms with Gasteiger partial charge >= 0.3 is 0 Å². The zero-order valence-electron chi connectivity index (χ0n) is 12.2. The highest BCUT2D eigenvalue weighted by atomic mass is 32.2. The number of Topliss-reactive ketones (excluding diaryl/α,β-unsaturated/α-hetero) is 1. The minimum absolute atomic E-state index is 0.102. The van der Waals surface area contributed by atoms with E-state index in [1.54, 1.807) is 6.92 Å². The molecule has 110 valence electrons. The van der Waals surface area contributed by atoms with E-state index in [2.05, 4.69) is 0 Å². The molecule has 0 unspecified atom stereocenters. The van der Waals surface area contributed by atoms with Crippen LogP contribution in [0.2, 0.25) is 0 Å². The lowest BCUT2D eigenvalue weighted by molar-refractivity contribution is 0.1000. The number of ether oxygens (including phenoxy) is 2. The molecule has 1 aliphatic heterocycles. The van der Waals surface area contributed by atoms with Crippen LogP contribution in [0, 0.1) is 0 Å². The third-order valence-corrected chi connectivity index (χ3v) is 4.83. The first-order valence-electron chi connectivity index (χ1n) is 7.16. The lowest BCUT2D eigenvalue weighted by atomic mass is 10.1. The van der Waals surface area contributed by atoms with Gasteiger partial charge in [-0.3, -0.25) is 4.79 Å². The highest BCUT2D eigenvalue weighted by molar-refractivity contribution is 7.99. The van der Waals surface area contributed by atoms with Crippen molar-refractivity contribution in [1.29, 1.82) is 0 Å². The fourth-order valence-corrected chi connectivity index (χ4v) is 3.42. The smallest absolute Gasteiger partial charge is 0.159 e. The number of hydrogen-bond donors (Lipinski definition) is 0. The molecule has 1 heterocycles. The SMILES string of the molecule is CCOc1ccc(C(C)=O)cc1CSC1CCOCC1. The van der Waals surface area contributed by atoms with Gasteiger partial charge in [0, 0.05) is 35.3 Å². The first-order chi connectivity index (χ1) is 9.70. The van der Waals surface area contributed by atoms with Crippen molar-refractivity contribution in [3.05, 3.63) is 29.3 Å². The molecule has 3 nitrogen and oxygen atoms in total. The Bertz CT molecular complexity index is 453. The lowest BCUT2D eigenvalue weighted by Crippen LogP contribution is -2.17. The van der Waals surface area contributed by atoms with Crippen molar-refractivity contribution in [3.63, 3.8) is 0 Å². The van der Waals surface area contributed by atoms with Crippen molar-refractivity contribution in [2.24, 2.45) is 0 Å². The summed E-state index contributed by atoms with van der Waals surface area (Å²) in [6.45, 7) is 5.96. The van der Waals surface area contributed by atoms with Gasteiger partial charge in [-0.25, -0.2) is 0 Å². The van der Waals surface area contributed by atoms with Crippen molar-refractivity contribution in [3.8, 4) is 5.75 Å². The summed E-state index contributed by atoms with van der Waals surface area (Å²) in [5.41, 5.74) is 1.88. The van der Waals surface area contributed by atoms with Crippen LogP contribution < -0.4 is 4.74 Å². The van der Waals surface area contributed by atoms with Crippen molar-refractivity contribution in [1.82, 2.24) is 0 Å². The molecule has 0 radical (unpaired) electrons. The van der Waals surface area contributed by atoms with Crippen LogP contribution in [0.3, 0.4) is 0 Å². The Morgan fingerprint density at radius 1 is 1.40 bits per heavy atom. The zero-order chi connectivity index (χ0) is 14.4. The van der Waals surface area contributed by atoms with Crippen molar-refractivity contribution in [2.45, 2.75) is 37.7 Å². The molecule has 20 heavy (non-hydrogen) atoms.